The fourth-order valence-electron chi connectivity index (χ4n) is 1.48. The summed E-state index contributed by atoms with van der Waals surface area (Å²) in [6.07, 6.45) is 8.47. The van der Waals surface area contributed by atoms with Crippen LogP contribution in [-0.2, 0) is 18.8 Å². The van der Waals surface area contributed by atoms with Gasteiger partial charge < -0.3 is 9.98 Å². The molecule has 0 unspecified atom stereocenters. The molecule has 2 nitrogen and oxygen atoms in total. The summed E-state index contributed by atoms with van der Waals surface area (Å²) in [6, 6.07) is 9.38. The molecule has 0 saturated carbocycles. The molecule has 0 heterocycles. The number of halogens is 1. The molecule has 114 valence electrons. The van der Waals surface area contributed by atoms with Crippen molar-refractivity contribution in [2.24, 2.45) is 9.98 Å². The van der Waals surface area contributed by atoms with Crippen molar-refractivity contribution < 1.29 is 18.8 Å². The van der Waals surface area contributed by atoms with Crippen LogP contribution in [0, 0.1) is 6.07 Å². The van der Waals surface area contributed by atoms with Gasteiger partial charge in [-0.25, -0.2) is 0 Å². The van der Waals surface area contributed by atoms with Crippen molar-refractivity contribution in [3.8, 4) is 0 Å². The molecule has 0 fully saturated rings. The Morgan fingerprint density at radius 1 is 1.00 bits per heavy atom. The van der Waals surface area contributed by atoms with Crippen LogP contribution < -0.4 is 0 Å². The van der Waals surface area contributed by atoms with Crippen molar-refractivity contribution >= 4 is 21.8 Å². The van der Waals surface area contributed by atoms with Crippen molar-refractivity contribution in [3.05, 3.63) is 35.4 Å². The first-order valence-electron chi connectivity index (χ1n) is 7.00. The summed E-state index contributed by atoms with van der Waals surface area (Å²) in [5, 5.41) is 0. The van der Waals surface area contributed by atoms with E-state index in [2.05, 4.69) is 39.3 Å². The summed E-state index contributed by atoms with van der Waals surface area (Å²) < 4.78 is 0. The van der Waals surface area contributed by atoms with E-state index in [-0.39, 0.29) is 0 Å². The van der Waals surface area contributed by atoms with Crippen LogP contribution in [-0.4, -0.2) is 25.5 Å². The second-order valence-electron chi connectivity index (χ2n) is 4.34. The molecule has 0 aromatic heterocycles. The Hall–Kier alpha value is -0.462. The molecule has 0 aliphatic rings. The fraction of sp³-hybridized carbons (Fsp3) is 0.500. The van der Waals surface area contributed by atoms with Gasteiger partial charge in [-0.05, 0) is 25.3 Å². The van der Waals surface area contributed by atoms with Crippen molar-refractivity contribution in [1.29, 1.82) is 0 Å². The monoisotopic (exact) mass is 473 g/mol. The van der Waals surface area contributed by atoms with E-state index in [1.165, 1.54) is 12.8 Å². The van der Waals surface area contributed by atoms with Gasteiger partial charge in [0.2, 0.25) is 0 Å². The maximum absolute atomic E-state index is 4.61. The second-order valence-corrected chi connectivity index (χ2v) is 4.34. The van der Waals surface area contributed by atoms with E-state index >= 15 is 0 Å². The van der Waals surface area contributed by atoms with Gasteiger partial charge in [0.15, 0.2) is 0 Å². The van der Waals surface area contributed by atoms with E-state index in [1.807, 2.05) is 30.6 Å². The molecule has 0 aliphatic heterocycles. The Morgan fingerprint density at radius 3 is 1.85 bits per heavy atom. The third kappa shape index (κ3) is 10.3. The summed E-state index contributed by atoms with van der Waals surface area (Å²) in [4.78, 5) is 8.76. The molecule has 1 aromatic carbocycles. The van der Waals surface area contributed by atoms with Crippen molar-refractivity contribution in [1.82, 2.24) is 0 Å². The predicted octanol–water partition coefficient (Wildman–Crippen LogP) is 4.61. The average Bonchev–Trinajstić information content (AvgIpc) is 2.51. The van der Waals surface area contributed by atoms with Gasteiger partial charge in [-0.2, -0.15) is 0 Å². The molecular weight excluding hydrogens is 451 g/mol. The third-order valence-electron chi connectivity index (χ3n) is 2.58. The van der Waals surface area contributed by atoms with E-state index in [0.29, 0.717) is 0 Å². The number of hydrogen-bond donors (Lipinski definition) is 0. The number of aliphatic imine (C=N–C) groups is 2. The summed E-state index contributed by atoms with van der Waals surface area (Å²) >= 11 is 1.61. The summed E-state index contributed by atoms with van der Waals surface area (Å²) in [7, 11) is 4.61. The molecule has 1 aromatic rings. The first kappa shape index (κ1) is 19.5. The van der Waals surface area contributed by atoms with E-state index in [9.17, 15) is 0 Å². The Bertz CT molecular complexity index is 359. The van der Waals surface area contributed by atoms with Crippen LogP contribution in [0.5, 0.6) is 0 Å². The normalized spacial score (nSPS) is 10.8. The molecule has 0 N–H and O–H groups in total. The molecule has 0 spiro atoms. The number of nitrogens with zero attached hydrogens (tertiary/aromatic N) is 2. The second kappa shape index (κ2) is 14.9. The molecule has 0 amide bonds. The van der Waals surface area contributed by atoms with Gasteiger partial charge in [-0.1, -0.05) is 26.7 Å². The zero-order valence-corrected chi connectivity index (χ0v) is 15.2. The summed E-state index contributed by atoms with van der Waals surface area (Å²) in [5.74, 6) is 0. The van der Waals surface area contributed by atoms with Crippen LogP contribution in [0.3, 0.4) is 0 Å². The van der Waals surface area contributed by atoms with E-state index < -0.39 is 0 Å². The number of hydrogen-bond acceptors (Lipinski definition) is 2. The third-order valence-corrected chi connectivity index (χ3v) is 2.58. The van der Waals surface area contributed by atoms with Crippen LogP contribution in [0.4, 0.5) is 0 Å². The van der Waals surface area contributed by atoms with Crippen LogP contribution in [0.15, 0.2) is 28.2 Å². The zero-order chi connectivity index (χ0) is 15.1. The number of unbranched alkanes of at least 4 members (excludes halogenated alkanes) is 2. The van der Waals surface area contributed by atoms with Crippen LogP contribution in [0.1, 0.15) is 50.7 Å². The van der Waals surface area contributed by atoms with Crippen LogP contribution in [0.25, 0.3) is 0 Å². The zero-order valence-electron chi connectivity index (χ0n) is 12.2. The SMILES string of the molecule is CCCCN=Cc1[c-]c(C=NCCCC)ccc1.[Cl][Pt+]. The van der Waals surface area contributed by atoms with E-state index in [0.717, 1.165) is 37.1 Å². The standard InChI is InChI=1S/C16H23N2.ClH.Pt/c1-3-5-10-17-13-15-8-7-9-16(12-15)14-18-11-6-4-2;;/h7-9,13-14H,3-6,10-11H2,1-2H3;1H;/q-1;;+2/p-1. The fourth-order valence-corrected chi connectivity index (χ4v) is 1.48. The molecule has 20 heavy (non-hydrogen) atoms. The first-order valence-corrected chi connectivity index (χ1v) is 9.82. The Kier molecular flexibility index (Phi) is 14.6. The predicted molar refractivity (Wildman–Crippen MR) is 85.9 cm³/mol. The van der Waals surface area contributed by atoms with Gasteiger partial charge in [0, 0.05) is 13.1 Å². The molecule has 0 radical (unpaired) electrons. The van der Waals surface area contributed by atoms with Gasteiger partial charge in [0.1, 0.15) is 0 Å². The summed E-state index contributed by atoms with van der Waals surface area (Å²) in [6.45, 7) is 6.16. The Morgan fingerprint density at radius 2 is 1.45 bits per heavy atom. The first-order chi connectivity index (χ1) is 9.86. The summed E-state index contributed by atoms with van der Waals surface area (Å²) in [5.41, 5.74) is 2.07. The van der Waals surface area contributed by atoms with Crippen LogP contribution >= 0.6 is 9.42 Å². The van der Waals surface area contributed by atoms with Gasteiger partial charge >= 0.3 is 28.2 Å². The van der Waals surface area contributed by atoms with E-state index in [4.69, 9.17) is 0 Å². The molecule has 0 atom stereocenters. The minimum absolute atomic E-state index is 0.902. The van der Waals surface area contributed by atoms with Gasteiger partial charge in [-0.15, -0.1) is 35.4 Å². The van der Waals surface area contributed by atoms with Gasteiger partial charge in [0.25, 0.3) is 0 Å². The number of benzene rings is 1. The average molecular weight is 474 g/mol. The topological polar surface area (TPSA) is 24.7 Å². The molecule has 4 heteroatoms. The Balaban J connectivity index is 0.00000172. The Labute approximate surface area is 138 Å². The van der Waals surface area contributed by atoms with Gasteiger partial charge in [0.05, 0.1) is 0 Å². The number of rotatable bonds is 8. The van der Waals surface area contributed by atoms with Crippen molar-refractivity contribution in [2.45, 2.75) is 39.5 Å². The van der Waals surface area contributed by atoms with E-state index in [1.54, 1.807) is 18.8 Å². The minimum atomic E-state index is 0.902. The molecule has 1 rings (SSSR count). The quantitative estimate of drug-likeness (QED) is 0.299. The molecular formula is C16H23ClN2Pt. The van der Waals surface area contributed by atoms with Gasteiger partial charge in [-0.3, -0.25) is 0 Å². The van der Waals surface area contributed by atoms with Crippen LogP contribution in [0.2, 0.25) is 0 Å². The molecule has 0 saturated heterocycles. The van der Waals surface area contributed by atoms with Crippen molar-refractivity contribution in [3.63, 3.8) is 0 Å². The molecule has 0 aliphatic carbocycles. The van der Waals surface area contributed by atoms with Crippen molar-refractivity contribution in [2.75, 3.05) is 13.1 Å². The molecule has 0 bridgehead atoms. The maximum atomic E-state index is 4.61.